The maximum atomic E-state index is 12.6. The summed E-state index contributed by atoms with van der Waals surface area (Å²) in [6.07, 6.45) is 0. The number of benzene rings is 2. The molecule has 0 radical (unpaired) electrons. The number of aliphatic imine (C=N–C) groups is 1. The van der Waals surface area contributed by atoms with E-state index in [1.54, 1.807) is 0 Å². The molecule has 2 aromatic carbocycles. The number of carbonyl (C=O) groups is 1. The lowest BCUT2D eigenvalue weighted by Gasteiger charge is -2.23. The minimum absolute atomic E-state index is 0.0608. The molecule has 5 heteroatoms. The van der Waals surface area contributed by atoms with Gasteiger partial charge in [0.2, 0.25) is 5.91 Å². The third-order valence-corrected chi connectivity index (χ3v) is 4.03. The number of carbonyl (C=O) groups excluding carboxylic acids is 1. The van der Waals surface area contributed by atoms with E-state index in [9.17, 15) is 4.79 Å². The van der Waals surface area contributed by atoms with E-state index in [2.05, 4.69) is 10.3 Å². The first-order valence-corrected chi connectivity index (χ1v) is 8.91. The highest BCUT2D eigenvalue weighted by molar-refractivity contribution is 5.86. The molecule has 2 rings (SSSR count). The third-order valence-electron chi connectivity index (χ3n) is 4.03. The number of guanidine groups is 1. The van der Waals surface area contributed by atoms with Crippen molar-refractivity contribution >= 4 is 11.9 Å². The molecule has 0 aliphatic heterocycles. The number of nitrogens with zero attached hydrogens (tertiary/aromatic N) is 3. The van der Waals surface area contributed by atoms with Gasteiger partial charge in [-0.15, -0.1) is 0 Å². The SMILES string of the molecule is CCN(Cc1ccccc1)C(=O)CNC(=NCc1ccccc1)N(C)C. The van der Waals surface area contributed by atoms with Gasteiger partial charge in [-0.1, -0.05) is 60.7 Å². The number of amides is 1. The van der Waals surface area contributed by atoms with Crippen LogP contribution in [0.5, 0.6) is 0 Å². The van der Waals surface area contributed by atoms with Crippen molar-refractivity contribution < 1.29 is 4.79 Å². The summed E-state index contributed by atoms with van der Waals surface area (Å²) in [5, 5.41) is 3.17. The van der Waals surface area contributed by atoms with Gasteiger partial charge in [-0.25, -0.2) is 4.99 Å². The summed E-state index contributed by atoms with van der Waals surface area (Å²) in [5.74, 6) is 0.767. The largest absolute Gasteiger partial charge is 0.349 e. The van der Waals surface area contributed by atoms with Gasteiger partial charge < -0.3 is 15.1 Å². The fourth-order valence-corrected chi connectivity index (χ4v) is 2.55. The maximum absolute atomic E-state index is 12.6. The second kappa shape index (κ2) is 10.2. The summed E-state index contributed by atoms with van der Waals surface area (Å²) in [4.78, 5) is 20.9. The maximum Gasteiger partial charge on any atom is 0.242 e. The molecule has 0 atom stereocenters. The molecular formula is C21H28N4O. The predicted octanol–water partition coefficient (Wildman–Crippen LogP) is 2.74. The van der Waals surface area contributed by atoms with Crippen molar-refractivity contribution in [2.24, 2.45) is 4.99 Å². The number of hydrogen-bond donors (Lipinski definition) is 1. The predicted molar refractivity (Wildman–Crippen MR) is 107 cm³/mol. The van der Waals surface area contributed by atoms with Gasteiger partial charge in [-0.3, -0.25) is 4.79 Å². The highest BCUT2D eigenvalue weighted by Crippen LogP contribution is 2.04. The minimum Gasteiger partial charge on any atom is -0.349 e. The highest BCUT2D eigenvalue weighted by Gasteiger charge is 2.13. The van der Waals surface area contributed by atoms with Crippen molar-refractivity contribution in [2.75, 3.05) is 27.2 Å². The fourth-order valence-electron chi connectivity index (χ4n) is 2.55. The number of rotatable bonds is 7. The second-order valence-electron chi connectivity index (χ2n) is 6.27. The van der Waals surface area contributed by atoms with Crippen LogP contribution < -0.4 is 5.32 Å². The zero-order valence-corrected chi connectivity index (χ0v) is 15.9. The Morgan fingerprint density at radius 3 is 2.08 bits per heavy atom. The number of hydrogen-bond acceptors (Lipinski definition) is 2. The standard InChI is InChI=1S/C21H28N4O/c1-4-25(17-19-13-9-6-10-14-19)20(26)16-23-21(24(2)3)22-15-18-11-7-5-8-12-18/h5-14H,4,15-17H2,1-3H3,(H,22,23). The van der Waals surface area contributed by atoms with Gasteiger partial charge in [-0.2, -0.15) is 0 Å². The molecule has 2 aromatic rings. The van der Waals surface area contributed by atoms with Crippen LogP contribution in [0.4, 0.5) is 0 Å². The van der Waals surface area contributed by atoms with Crippen LogP contribution in [0.1, 0.15) is 18.1 Å². The minimum atomic E-state index is 0.0608. The molecule has 138 valence electrons. The van der Waals surface area contributed by atoms with Crippen LogP contribution >= 0.6 is 0 Å². The molecule has 1 amide bonds. The Kier molecular flexibility index (Phi) is 7.68. The van der Waals surface area contributed by atoms with E-state index in [0.717, 1.165) is 11.1 Å². The van der Waals surface area contributed by atoms with Crippen LogP contribution in [-0.2, 0) is 17.9 Å². The van der Waals surface area contributed by atoms with Gasteiger partial charge >= 0.3 is 0 Å². The van der Waals surface area contributed by atoms with Crippen molar-refractivity contribution in [1.82, 2.24) is 15.1 Å². The normalized spacial score (nSPS) is 11.1. The third kappa shape index (κ3) is 6.24. The first-order chi connectivity index (χ1) is 12.6. The second-order valence-corrected chi connectivity index (χ2v) is 6.27. The van der Waals surface area contributed by atoms with Crippen LogP contribution in [-0.4, -0.2) is 48.9 Å². The molecule has 0 saturated carbocycles. The summed E-state index contributed by atoms with van der Waals surface area (Å²) >= 11 is 0. The van der Waals surface area contributed by atoms with Gasteiger partial charge in [0.25, 0.3) is 0 Å². The molecule has 1 N–H and O–H groups in total. The molecule has 0 fully saturated rings. The molecule has 26 heavy (non-hydrogen) atoms. The van der Waals surface area contributed by atoms with E-state index >= 15 is 0 Å². The molecular weight excluding hydrogens is 324 g/mol. The van der Waals surface area contributed by atoms with Crippen molar-refractivity contribution in [1.29, 1.82) is 0 Å². The van der Waals surface area contributed by atoms with E-state index in [-0.39, 0.29) is 12.5 Å². The zero-order valence-electron chi connectivity index (χ0n) is 15.9. The molecule has 0 unspecified atom stereocenters. The van der Waals surface area contributed by atoms with Crippen molar-refractivity contribution in [3.8, 4) is 0 Å². The summed E-state index contributed by atoms with van der Waals surface area (Å²) in [5.41, 5.74) is 2.27. The molecule has 0 spiro atoms. The van der Waals surface area contributed by atoms with E-state index in [0.29, 0.717) is 25.6 Å². The highest BCUT2D eigenvalue weighted by atomic mass is 16.2. The van der Waals surface area contributed by atoms with Gasteiger partial charge in [0.1, 0.15) is 0 Å². The number of likely N-dealkylation sites (N-methyl/N-ethyl adjacent to an activating group) is 1. The van der Waals surface area contributed by atoms with Crippen molar-refractivity contribution in [3.05, 3.63) is 71.8 Å². The summed E-state index contributed by atoms with van der Waals surface area (Å²) in [6.45, 7) is 4.10. The van der Waals surface area contributed by atoms with Crippen LogP contribution in [0, 0.1) is 0 Å². The Hall–Kier alpha value is -2.82. The Bertz CT molecular complexity index is 698. The lowest BCUT2D eigenvalue weighted by Crippen LogP contribution is -2.44. The Labute approximate surface area is 156 Å². The topological polar surface area (TPSA) is 47.9 Å². The average molecular weight is 352 g/mol. The molecule has 5 nitrogen and oxygen atoms in total. The zero-order chi connectivity index (χ0) is 18.8. The van der Waals surface area contributed by atoms with Gasteiger partial charge in [0, 0.05) is 27.2 Å². The van der Waals surface area contributed by atoms with Crippen LogP contribution in [0.3, 0.4) is 0 Å². The quantitative estimate of drug-likeness (QED) is 0.616. The Morgan fingerprint density at radius 2 is 1.54 bits per heavy atom. The van der Waals surface area contributed by atoms with Crippen molar-refractivity contribution in [2.45, 2.75) is 20.0 Å². The van der Waals surface area contributed by atoms with Crippen LogP contribution in [0.2, 0.25) is 0 Å². The molecule has 0 saturated heterocycles. The van der Waals surface area contributed by atoms with Gasteiger partial charge in [-0.05, 0) is 18.1 Å². The molecule has 0 bridgehead atoms. The summed E-state index contributed by atoms with van der Waals surface area (Å²) in [6, 6.07) is 20.1. The van der Waals surface area contributed by atoms with E-state index < -0.39 is 0 Å². The summed E-state index contributed by atoms with van der Waals surface area (Å²) < 4.78 is 0. The van der Waals surface area contributed by atoms with Crippen LogP contribution in [0.15, 0.2) is 65.7 Å². The fraction of sp³-hybridized carbons (Fsp3) is 0.333. The molecule has 0 aliphatic carbocycles. The lowest BCUT2D eigenvalue weighted by molar-refractivity contribution is -0.130. The first-order valence-electron chi connectivity index (χ1n) is 8.91. The Balaban J connectivity index is 1.93. The molecule has 0 aromatic heterocycles. The summed E-state index contributed by atoms with van der Waals surface area (Å²) in [7, 11) is 3.84. The van der Waals surface area contributed by atoms with Crippen LogP contribution in [0.25, 0.3) is 0 Å². The molecule has 0 heterocycles. The number of nitrogens with one attached hydrogen (secondary N) is 1. The lowest BCUT2D eigenvalue weighted by atomic mass is 10.2. The Morgan fingerprint density at radius 1 is 0.962 bits per heavy atom. The monoisotopic (exact) mass is 352 g/mol. The van der Waals surface area contributed by atoms with Crippen molar-refractivity contribution in [3.63, 3.8) is 0 Å². The van der Waals surface area contributed by atoms with E-state index in [1.807, 2.05) is 91.5 Å². The van der Waals surface area contributed by atoms with Gasteiger partial charge in [0.05, 0.1) is 13.1 Å². The smallest absolute Gasteiger partial charge is 0.242 e. The molecule has 0 aliphatic rings. The van der Waals surface area contributed by atoms with E-state index in [4.69, 9.17) is 0 Å². The van der Waals surface area contributed by atoms with E-state index in [1.165, 1.54) is 0 Å². The van der Waals surface area contributed by atoms with Gasteiger partial charge in [0.15, 0.2) is 5.96 Å². The average Bonchev–Trinajstić information content (AvgIpc) is 2.67. The first kappa shape index (κ1) is 19.5.